The van der Waals surface area contributed by atoms with Crippen molar-refractivity contribution in [2.75, 3.05) is 40.3 Å². The number of hydrogen-bond donors (Lipinski definition) is 0. The number of hydrogen-bond acceptors (Lipinski definition) is 3. The molecule has 1 saturated heterocycles. The van der Waals surface area contributed by atoms with E-state index >= 15 is 0 Å². The van der Waals surface area contributed by atoms with Gasteiger partial charge < -0.3 is 9.80 Å². The summed E-state index contributed by atoms with van der Waals surface area (Å²) >= 11 is 0. The van der Waals surface area contributed by atoms with Crippen LogP contribution in [0.2, 0.25) is 0 Å². The standard InChI is InChI=1S/C13H25N3/c1-13(2,10-14)11-16(4)8-6-12-5-7-15(3)9-12/h12H,5-9,11H2,1-4H3. The highest BCUT2D eigenvalue weighted by Crippen LogP contribution is 2.19. The molecular formula is C13H25N3. The van der Waals surface area contributed by atoms with E-state index in [4.69, 9.17) is 5.26 Å². The van der Waals surface area contributed by atoms with Crippen LogP contribution in [0.3, 0.4) is 0 Å². The Morgan fingerprint density at radius 1 is 1.50 bits per heavy atom. The summed E-state index contributed by atoms with van der Waals surface area (Å²) in [6.45, 7) is 8.49. The van der Waals surface area contributed by atoms with Crippen molar-refractivity contribution in [3.8, 4) is 6.07 Å². The van der Waals surface area contributed by atoms with Crippen molar-refractivity contribution >= 4 is 0 Å². The lowest BCUT2D eigenvalue weighted by Gasteiger charge is -2.25. The van der Waals surface area contributed by atoms with Gasteiger partial charge in [-0.1, -0.05) is 0 Å². The van der Waals surface area contributed by atoms with Crippen LogP contribution in [0.15, 0.2) is 0 Å². The Kier molecular flexibility index (Phi) is 4.76. The third-order valence-electron chi connectivity index (χ3n) is 3.38. The van der Waals surface area contributed by atoms with Crippen LogP contribution in [0.1, 0.15) is 26.7 Å². The molecule has 1 aliphatic heterocycles. The van der Waals surface area contributed by atoms with Gasteiger partial charge in [0.2, 0.25) is 0 Å². The maximum absolute atomic E-state index is 8.97. The fourth-order valence-electron chi connectivity index (χ4n) is 2.45. The minimum Gasteiger partial charge on any atom is -0.306 e. The molecule has 0 spiro atoms. The topological polar surface area (TPSA) is 30.3 Å². The molecule has 1 heterocycles. The van der Waals surface area contributed by atoms with Crippen LogP contribution in [-0.4, -0.2) is 50.1 Å². The van der Waals surface area contributed by atoms with E-state index in [1.807, 2.05) is 13.8 Å². The summed E-state index contributed by atoms with van der Waals surface area (Å²) in [7, 11) is 4.32. The molecule has 1 unspecified atom stereocenters. The van der Waals surface area contributed by atoms with Gasteiger partial charge >= 0.3 is 0 Å². The average Bonchev–Trinajstić information content (AvgIpc) is 2.61. The molecule has 0 radical (unpaired) electrons. The third kappa shape index (κ3) is 4.51. The second-order valence-electron chi connectivity index (χ2n) is 5.94. The zero-order valence-corrected chi connectivity index (χ0v) is 11.2. The smallest absolute Gasteiger partial charge is 0.0697 e. The quantitative estimate of drug-likeness (QED) is 0.712. The van der Waals surface area contributed by atoms with Crippen LogP contribution in [-0.2, 0) is 0 Å². The van der Waals surface area contributed by atoms with E-state index < -0.39 is 0 Å². The van der Waals surface area contributed by atoms with Crippen molar-refractivity contribution in [1.82, 2.24) is 9.80 Å². The number of likely N-dealkylation sites (tertiary alicyclic amines) is 1. The van der Waals surface area contributed by atoms with Crippen molar-refractivity contribution in [1.29, 1.82) is 5.26 Å². The highest BCUT2D eigenvalue weighted by molar-refractivity contribution is 4.93. The van der Waals surface area contributed by atoms with E-state index in [1.165, 1.54) is 25.9 Å². The lowest BCUT2D eigenvalue weighted by atomic mass is 9.95. The molecule has 0 aromatic rings. The van der Waals surface area contributed by atoms with Crippen LogP contribution in [0.25, 0.3) is 0 Å². The zero-order valence-electron chi connectivity index (χ0n) is 11.2. The Hall–Kier alpha value is -0.590. The molecule has 0 saturated carbocycles. The van der Waals surface area contributed by atoms with E-state index in [2.05, 4.69) is 30.0 Å². The van der Waals surface area contributed by atoms with Crippen molar-refractivity contribution < 1.29 is 0 Å². The fraction of sp³-hybridized carbons (Fsp3) is 0.923. The molecule has 0 amide bonds. The molecule has 0 bridgehead atoms. The molecule has 0 aromatic heterocycles. The summed E-state index contributed by atoms with van der Waals surface area (Å²) in [5, 5.41) is 8.97. The molecule has 3 heteroatoms. The Labute approximate surface area is 100 Å². The van der Waals surface area contributed by atoms with Gasteiger partial charge in [0, 0.05) is 13.1 Å². The zero-order chi connectivity index (χ0) is 12.2. The van der Waals surface area contributed by atoms with Crippen LogP contribution in [0.4, 0.5) is 0 Å². The monoisotopic (exact) mass is 223 g/mol. The van der Waals surface area contributed by atoms with Gasteiger partial charge in [-0.2, -0.15) is 5.26 Å². The van der Waals surface area contributed by atoms with Gasteiger partial charge in [0.1, 0.15) is 0 Å². The van der Waals surface area contributed by atoms with Crippen molar-refractivity contribution in [3.63, 3.8) is 0 Å². The van der Waals surface area contributed by atoms with Crippen LogP contribution in [0, 0.1) is 22.7 Å². The highest BCUT2D eigenvalue weighted by atomic mass is 15.1. The normalized spacial score (nSPS) is 22.6. The van der Waals surface area contributed by atoms with Gasteiger partial charge in [-0.3, -0.25) is 0 Å². The van der Waals surface area contributed by atoms with E-state index in [1.54, 1.807) is 0 Å². The molecule has 1 rings (SSSR count). The first-order valence-electron chi connectivity index (χ1n) is 6.21. The predicted octanol–water partition coefficient (Wildman–Crippen LogP) is 1.81. The van der Waals surface area contributed by atoms with Gasteiger partial charge in [0.05, 0.1) is 11.5 Å². The first-order chi connectivity index (χ1) is 7.43. The average molecular weight is 223 g/mol. The van der Waals surface area contributed by atoms with E-state index in [0.717, 1.165) is 19.0 Å². The van der Waals surface area contributed by atoms with Crippen molar-refractivity contribution in [2.45, 2.75) is 26.7 Å². The molecule has 92 valence electrons. The van der Waals surface area contributed by atoms with E-state index in [-0.39, 0.29) is 5.41 Å². The minimum atomic E-state index is -0.221. The molecule has 0 aromatic carbocycles. The van der Waals surface area contributed by atoms with Gasteiger partial charge in [0.25, 0.3) is 0 Å². The van der Waals surface area contributed by atoms with E-state index in [9.17, 15) is 0 Å². The first kappa shape index (κ1) is 13.5. The summed E-state index contributed by atoms with van der Waals surface area (Å²) in [6.07, 6.45) is 2.61. The lowest BCUT2D eigenvalue weighted by Crippen LogP contribution is -2.32. The summed E-state index contributed by atoms with van der Waals surface area (Å²) in [4.78, 5) is 4.70. The maximum Gasteiger partial charge on any atom is 0.0697 e. The second kappa shape index (κ2) is 5.65. The Bertz CT molecular complexity index is 254. The summed E-state index contributed by atoms with van der Waals surface area (Å²) in [6, 6.07) is 2.36. The fourth-order valence-corrected chi connectivity index (χ4v) is 2.45. The Balaban J connectivity index is 2.20. The Morgan fingerprint density at radius 2 is 2.19 bits per heavy atom. The lowest BCUT2D eigenvalue weighted by molar-refractivity contribution is 0.238. The van der Waals surface area contributed by atoms with Crippen molar-refractivity contribution in [2.24, 2.45) is 11.3 Å². The Morgan fingerprint density at radius 3 is 2.69 bits per heavy atom. The summed E-state index contributed by atoms with van der Waals surface area (Å²) in [5.41, 5.74) is -0.221. The van der Waals surface area contributed by atoms with Gasteiger partial charge in [-0.15, -0.1) is 0 Å². The molecule has 1 aliphatic rings. The number of nitrogens with zero attached hydrogens (tertiary/aromatic N) is 3. The molecule has 0 aliphatic carbocycles. The minimum absolute atomic E-state index is 0.221. The number of rotatable bonds is 5. The highest BCUT2D eigenvalue weighted by Gasteiger charge is 2.22. The van der Waals surface area contributed by atoms with Crippen LogP contribution < -0.4 is 0 Å². The summed E-state index contributed by atoms with van der Waals surface area (Å²) in [5.74, 6) is 0.859. The van der Waals surface area contributed by atoms with Crippen LogP contribution >= 0.6 is 0 Å². The molecule has 1 atom stereocenters. The predicted molar refractivity (Wildman–Crippen MR) is 67.1 cm³/mol. The second-order valence-corrected chi connectivity index (χ2v) is 5.94. The van der Waals surface area contributed by atoms with Crippen molar-refractivity contribution in [3.05, 3.63) is 0 Å². The molecule has 1 fully saturated rings. The molecule has 0 N–H and O–H groups in total. The third-order valence-corrected chi connectivity index (χ3v) is 3.38. The molecular weight excluding hydrogens is 198 g/mol. The maximum atomic E-state index is 8.97. The molecule has 16 heavy (non-hydrogen) atoms. The van der Waals surface area contributed by atoms with Crippen LogP contribution in [0.5, 0.6) is 0 Å². The van der Waals surface area contributed by atoms with Gasteiger partial charge in [-0.05, 0) is 59.8 Å². The van der Waals surface area contributed by atoms with Gasteiger partial charge in [-0.25, -0.2) is 0 Å². The van der Waals surface area contributed by atoms with E-state index in [0.29, 0.717) is 0 Å². The summed E-state index contributed by atoms with van der Waals surface area (Å²) < 4.78 is 0. The first-order valence-corrected chi connectivity index (χ1v) is 6.21. The largest absolute Gasteiger partial charge is 0.306 e. The number of nitriles is 1. The molecule has 3 nitrogen and oxygen atoms in total. The van der Waals surface area contributed by atoms with Gasteiger partial charge in [0.15, 0.2) is 0 Å². The SMILES string of the molecule is CN1CCC(CCN(C)CC(C)(C)C#N)C1.